The van der Waals surface area contributed by atoms with Gasteiger partial charge in [-0.05, 0) is 127 Å². The van der Waals surface area contributed by atoms with Crippen LogP contribution in [0.2, 0.25) is 0 Å². The van der Waals surface area contributed by atoms with Crippen LogP contribution < -0.4 is 0 Å². The lowest BCUT2D eigenvalue weighted by molar-refractivity contribution is 0.490. The zero-order valence-corrected chi connectivity index (χ0v) is 20.0. The third-order valence-corrected chi connectivity index (χ3v) is 9.88. The molecule has 5 heteroatoms. The van der Waals surface area contributed by atoms with Crippen LogP contribution in [-0.4, -0.2) is 0 Å². The van der Waals surface area contributed by atoms with E-state index in [-0.39, 0.29) is 5.41 Å². The predicted octanol–water partition coefficient (Wildman–Crippen LogP) is 8.59. The van der Waals surface area contributed by atoms with Crippen molar-refractivity contribution in [1.82, 2.24) is 0 Å². The number of benzene rings is 2. The standard InChI is InChI=1S/C17H13Br5/c1-3-17(4-2)9-6-12(19)11(18)5-8(9)14-10(17)7-13(20)15(21)16(14)22/h5-7H,3-4H2,1-2H3. The van der Waals surface area contributed by atoms with E-state index < -0.39 is 0 Å². The molecule has 0 bridgehead atoms. The van der Waals surface area contributed by atoms with Crippen molar-refractivity contribution in [2.75, 3.05) is 0 Å². The molecule has 0 aromatic heterocycles. The Morgan fingerprint density at radius 2 is 1.27 bits per heavy atom. The Kier molecular flexibility index (Phi) is 5.05. The van der Waals surface area contributed by atoms with Crippen LogP contribution in [-0.2, 0) is 5.41 Å². The van der Waals surface area contributed by atoms with E-state index in [1.807, 2.05) is 0 Å². The molecule has 3 rings (SSSR count). The average Bonchev–Trinajstić information content (AvgIpc) is 2.75. The van der Waals surface area contributed by atoms with E-state index in [1.165, 1.54) is 22.3 Å². The molecule has 0 N–H and O–H groups in total. The van der Waals surface area contributed by atoms with Gasteiger partial charge in [-0.1, -0.05) is 13.8 Å². The first kappa shape index (κ1) is 17.7. The Hall–Kier alpha value is 0.840. The zero-order valence-electron chi connectivity index (χ0n) is 12.0. The van der Waals surface area contributed by atoms with Gasteiger partial charge in [0, 0.05) is 33.3 Å². The number of halogens is 5. The fraction of sp³-hybridized carbons (Fsp3) is 0.294. The van der Waals surface area contributed by atoms with Crippen molar-refractivity contribution in [2.24, 2.45) is 0 Å². The molecule has 0 atom stereocenters. The molecule has 1 aliphatic rings. The Morgan fingerprint density at radius 1 is 0.727 bits per heavy atom. The molecule has 1 aliphatic carbocycles. The van der Waals surface area contributed by atoms with E-state index in [2.05, 4.69) is 112 Å². The molecule has 0 nitrogen and oxygen atoms in total. The van der Waals surface area contributed by atoms with Gasteiger partial charge in [-0.2, -0.15) is 0 Å². The van der Waals surface area contributed by atoms with Crippen LogP contribution in [0.15, 0.2) is 40.6 Å². The fourth-order valence-electron chi connectivity index (χ4n) is 3.54. The monoisotopic (exact) mass is 612 g/mol. The first-order valence-corrected chi connectivity index (χ1v) is 11.0. The highest BCUT2D eigenvalue weighted by Crippen LogP contribution is 2.58. The molecular weight excluding hydrogens is 604 g/mol. The van der Waals surface area contributed by atoms with Crippen molar-refractivity contribution in [3.8, 4) is 11.1 Å². The third-order valence-electron chi connectivity index (χ3n) is 4.73. The summed E-state index contributed by atoms with van der Waals surface area (Å²) in [7, 11) is 0. The largest absolute Gasteiger partial charge is 0.0642 e. The van der Waals surface area contributed by atoms with Crippen molar-refractivity contribution >= 4 is 79.6 Å². The van der Waals surface area contributed by atoms with Crippen molar-refractivity contribution < 1.29 is 0 Å². The van der Waals surface area contributed by atoms with Crippen LogP contribution in [0, 0.1) is 0 Å². The van der Waals surface area contributed by atoms with Gasteiger partial charge in [0.15, 0.2) is 0 Å². The van der Waals surface area contributed by atoms with Gasteiger partial charge >= 0.3 is 0 Å². The lowest BCUT2D eigenvalue weighted by Gasteiger charge is -2.30. The van der Waals surface area contributed by atoms with E-state index in [1.54, 1.807) is 0 Å². The van der Waals surface area contributed by atoms with E-state index >= 15 is 0 Å². The first-order chi connectivity index (χ1) is 10.4. The lowest BCUT2D eigenvalue weighted by atomic mass is 9.74. The number of hydrogen-bond donors (Lipinski definition) is 0. The fourth-order valence-corrected chi connectivity index (χ4v) is 5.88. The maximum atomic E-state index is 3.80. The summed E-state index contributed by atoms with van der Waals surface area (Å²) < 4.78 is 5.48. The smallest absolute Gasteiger partial charge is 0.0466 e. The van der Waals surface area contributed by atoms with Gasteiger partial charge in [0.25, 0.3) is 0 Å². The summed E-state index contributed by atoms with van der Waals surface area (Å²) in [6, 6.07) is 6.79. The second-order valence-electron chi connectivity index (χ2n) is 5.51. The van der Waals surface area contributed by atoms with E-state index in [4.69, 9.17) is 0 Å². The van der Waals surface area contributed by atoms with Crippen LogP contribution in [0.5, 0.6) is 0 Å². The quantitative estimate of drug-likeness (QED) is 0.297. The van der Waals surface area contributed by atoms with Gasteiger partial charge in [-0.15, -0.1) is 0 Å². The summed E-state index contributed by atoms with van der Waals surface area (Å²) in [6.07, 6.45) is 2.16. The maximum Gasteiger partial charge on any atom is 0.0466 e. The molecule has 0 heterocycles. The highest BCUT2D eigenvalue weighted by molar-refractivity contribution is 9.14. The van der Waals surface area contributed by atoms with Gasteiger partial charge in [0.2, 0.25) is 0 Å². The second kappa shape index (κ2) is 6.29. The minimum atomic E-state index is 0.0691. The molecule has 0 spiro atoms. The summed E-state index contributed by atoms with van der Waals surface area (Å²) >= 11 is 18.5. The molecule has 0 fully saturated rings. The van der Waals surface area contributed by atoms with Crippen LogP contribution in [0.3, 0.4) is 0 Å². The SMILES string of the molecule is CCC1(CC)c2cc(Br)c(Br)cc2-c2c1cc(Br)c(Br)c2Br. The average molecular weight is 617 g/mol. The molecule has 2 aromatic rings. The Balaban J connectivity index is 2.49. The first-order valence-electron chi connectivity index (χ1n) is 7.05. The van der Waals surface area contributed by atoms with E-state index in [0.29, 0.717) is 0 Å². The number of rotatable bonds is 2. The second-order valence-corrected chi connectivity index (χ2v) is 9.66. The van der Waals surface area contributed by atoms with Gasteiger partial charge in [-0.25, -0.2) is 0 Å². The van der Waals surface area contributed by atoms with Crippen molar-refractivity contribution in [3.05, 3.63) is 51.7 Å². The van der Waals surface area contributed by atoms with Gasteiger partial charge < -0.3 is 0 Å². The summed E-state index contributed by atoms with van der Waals surface area (Å²) in [4.78, 5) is 0. The van der Waals surface area contributed by atoms with E-state index in [9.17, 15) is 0 Å². The van der Waals surface area contributed by atoms with Crippen LogP contribution in [0.25, 0.3) is 11.1 Å². The topological polar surface area (TPSA) is 0 Å². The molecule has 0 saturated heterocycles. The van der Waals surface area contributed by atoms with Gasteiger partial charge in [0.05, 0.1) is 0 Å². The third kappa shape index (κ3) is 2.37. The molecule has 116 valence electrons. The summed E-state index contributed by atoms with van der Waals surface area (Å²) in [5.74, 6) is 0. The van der Waals surface area contributed by atoms with Crippen molar-refractivity contribution in [2.45, 2.75) is 32.1 Å². The lowest BCUT2D eigenvalue weighted by Crippen LogP contribution is -2.23. The molecule has 0 saturated carbocycles. The minimum Gasteiger partial charge on any atom is -0.0642 e. The predicted molar refractivity (Wildman–Crippen MR) is 112 cm³/mol. The zero-order chi connectivity index (χ0) is 16.2. The minimum absolute atomic E-state index is 0.0691. The molecular formula is C17H13Br5. The Morgan fingerprint density at radius 3 is 1.86 bits per heavy atom. The van der Waals surface area contributed by atoms with Gasteiger partial charge in [0.1, 0.15) is 0 Å². The highest BCUT2D eigenvalue weighted by atomic mass is 79.9. The Labute approximate surface area is 173 Å². The van der Waals surface area contributed by atoms with Crippen LogP contribution >= 0.6 is 79.6 Å². The normalized spacial score (nSPS) is 14.9. The van der Waals surface area contributed by atoms with Crippen LogP contribution in [0.4, 0.5) is 0 Å². The molecule has 0 aliphatic heterocycles. The summed E-state index contributed by atoms with van der Waals surface area (Å²) in [5, 5.41) is 0. The van der Waals surface area contributed by atoms with Crippen molar-refractivity contribution in [1.29, 1.82) is 0 Å². The molecule has 2 aromatic carbocycles. The summed E-state index contributed by atoms with van der Waals surface area (Å²) in [6.45, 7) is 4.56. The number of fused-ring (bicyclic) bond motifs is 3. The summed E-state index contributed by atoms with van der Waals surface area (Å²) in [5.41, 5.74) is 5.50. The number of hydrogen-bond acceptors (Lipinski definition) is 0. The molecule has 0 unspecified atom stereocenters. The van der Waals surface area contributed by atoms with E-state index in [0.717, 1.165) is 35.2 Å². The maximum absolute atomic E-state index is 3.80. The molecule has 0 radical (unpaired) electrons. The highest BCUT2D eigenvalue weighted by Gasteiger charge is 2.42. The molecule has 22 heavy (non-hydrogen) atoms. The van der Waals surface area contributed by atoms with Crippen molar-refractivity contribution in [3.63, 3.8) is 0 Å². The van der Waals surface area contributed by atoms with Crippen LogP contribution in [0.1, 0.15) is 37.8 Å². The molecule has 0 amide bonds. The van der Waals surface area contributed by atoms with Gasteiger partial charge in [-0.3, -0.25) is 0 Å². The Bertz CT molecular complexity index is 775.